The fourth-order valence-corrected chi connectivity index (χ4v) is 6.34. The van der Waals surface area contributed by atoms with Gasteiger partial charge in [0.2, 0.25) is 15.9 Å². The molecule has 0 saturated heterocycles. The molecule has 3 amide bonds. The van der Waals surface area contributed by atoms with Crippen LogP contribution in [0, 0.1) is 0 Å². The lowest BCUT2D eigenvalue weighted by molar-refractivity contribution is -0.124. The van der Waals surface area contributed by atoms with E-state index in [0.717, 1.165) is 9.21 Å². The number of imide groups is 1. The molecule has 0 bridgehead atoms. The summed E-state index contributed by atoms with van der Waals surface area (Å²) >= 11 is 0. The number of ether oxygens (including phenoxy) is 3. The van der Waals surface area contributed by atoms with Gasteiger partial charge in [0.05, 0.1) is 49.3 Å². The molecule has 0 spiro atoms. The van der Waals surface area contributed by atoms with Gasteiger partial charge >= 0.3 is 0 Å². The minimum Gasteiger partial charge on any atom is -0.497 e. The van der Waals surface area contributed by atoms with Crippen molar-refractivity contribution in [1.29, 1.82) is 0 Å². The zero-order valence-electron chi connectivity index (χ0n) is 24.8. The molecule has 0 unspecified atom stereocenters. The summed E-state index contributed by atoms with van der Waals surface area (Å²) in [7, 11) is -1.25. The van der Waals surface area contributed by atoms with Crippen molar-refractivity contribution in [3.63, 3.8) is 0 Å². The number of anilines is 1. The van der Waals surface area contributed by atoms with Crippen molar-refractivity contribution in [2.24, 2.45) is 0 Å². The van der Waals surface area contributed by atoms with Gasteiger partial charge in [-0.1, -0.05) is 48.5 Å². The fourth-order valence-electron chi connectivity index (χ4n) is 5.16. The van der Waals surface area contributed by atoms with Gasteiger partial charge in [0.25, 0.3) is 11.8 Å². The molecule has 228 valence electrons. The van der Waals surface area contributed by atoms with Gasteiger partial charge in [-0.3, -0.25) is 14.4 Å². The Morgan fingerprint density at radius 2 is 1.27 bits per heavy atom. The summed E-state index contributed by atoms with van der Waals surface area (Å²) in [5.41, 5.74) is 1.54. The predicted octanol–water partition coefficient (Wildman–Crippen LogP) is 4.98. The number of fused-ring (bicyclic) bond motifs is 2. The SMILES string of the molecule is CCOc1c2c(c(OCC)c3ccccc13)C(=O)N(c1ccc(CS(=O)(=O)N(C)C(=O)Cc3ccc(OC)cc3)cc1)C2=O. The van der Waals surface area contributed by atoms with Crippen molar-refractivity contribution < 1.29 is 37.0 Å². The highest BCUT2D eigenvalue weighted by atomic mass is 32.2. The van der Waals surface area contributed by atoms with E-state index in [4.69, 9.17) is 14.2 Å². The van der Waals surface area contributed by atoms with Crippen LogP contribution in [0.15, 0.2) is 72.8 Å². The lowest BCUT2D eigenvalue weighted by Gasteiger charge is -2.18. The summed E-state index contributed by atoms with van der Waals surface area (Å²) in [6.07, 6.45) is -0.0963. The largest absolute Gasteiger partial charge is 0.497 e. The van der Waals surface area contributed by atoms with E-state index in [0.29, 0.717) is 39.1 Å². The third-order valence-electron chi connectivity index (χ3n) is 7.36. The van der Waals surface area contributed by atoms with E-state index in [9.17, 15) is 22.8 Å². The highest BCUT2D eigenvalue weighted by Crippen LogP contribution is 2.46. The van der Waals surface area contributed by atoms with Gasteiger partial charge in [0, 0.05) is 17.8 Å². The predicted molar refractivity (Wildman–Crippen MR) is 166 cm³/mol. The van der Waals surface area contributed by atoms with E-state index in [1.54, 1.807) is 38.1 Å². The molecule has 11 heteroatoms. The van der Waals surface area contributed by atoms with Gasteiger partial charge in [-0.2, -0.15) is 0 Å². The van der Waals surface area contributed by atoms with E-state index in [1.165, 1.54) is 38.4 Å². The van der Waals surface area contributed by atoms with Crippen LogP contribution >= 0.6 is 0 Å². The quantitative estimate of drug-likeness (QED) is 0.217. The van der Waals surface area contributed by atoms with Crippen molar-refractivity contribution in [1.82, 2.24) is 4.31 Å². The summed E-state index contributed by atoms with van der Waals surface area (Å²) in [6.45, 7) is 4.17. The molecule has 0 radical (unpaired) electrons. The van der Waals surface area contributed by atoms with Crippen LogP contribution in [0.4, 0.5) is 5.69 Å². The maximum absolute atomic E-state index is 13.8. The Labute approximate surface area is 255 Å². The topological polar surface area (TPSA) is 120 Å². The number of hydrogen-bond acceptors (Lipinski definition) is 8. The number of nitrogens with zero attached hydrogens (tertiary/aromatic N) is 2. The third kappa shape index (κ3) is 5.58. The van der Waals surface area contributed by atoms with Crippen LogP contribution < -0.4 is 19.1 Å². The normalized spacial score (nSPS) is 12.8. The number of carbonyl (C=O) groups is 3. The van der Waals surface area contributed by atoms with Crippen LogP contribution in [-0.2, 0) is 27.0 Å². The first kappa shape index (κ1) is 30.6. The zero-order chi connectivity index (χ0) is 31.6. The minimum atomic E-state index is -4.01. The van der Waals surface area contributed by atoms with E-state index < -0.39 is 33.5 Å². The van der Waals surface area contributed by atoms with E-state index in [1.807, 2.05) is 24.3 Å². The van der Waals surface area contributed by atoms with Crippen LogP contribution in [0.5, 0.6) is 17.2 Å². The Hall–Kier alpha value is -4.90. The number of amides is 3. The number of carbonyl (C=O) groups excluding carboxylic acids is 3. The van der Waals surface area contributed by atoms with Crippen LogP contribution in [0.25, 0.3) is 10.8 Å². The molecule has 0 saturated carbocycles. The lowest BCUT2D eigenvalue weighted by atomic mass is 9.99. The maximum Gasteiger partial charge on any atom is 0.270 e. The summed E-state index contributed by atoms with van der Waals surface area (Å²) in [6, 6.07) is 20.1. The second-order valence-electron chi connectivity index (χ2n) is 10.1. The molecule has 0 aromatic heterocycles. The fraction of sp³-hybridized carbons (Fsp3) is 0.242. The number of likely N-dealkylation sites (N-methyl/N-ethyl adjacent to an activating group) is 1. The standard InChI is InChI=1S/C33H32N2O8S/c1-5-42-30-25-9-7-8-10-26(25)31(43-6-2)29-28(30)32(37)35(33(29)38)23-15-11-22(12-16-23)20-44(39,40)34(3)27(36)19-21-13-17-24(41-4)18-14-21/h7-18H,5-6,19-20H2,1-4H3. The average Bonchev–Trinajstić information content (AvgIpc) is 3.28. The highest BCUT2D eigenvalue weighted by molar-refractivity contribution is 7.88. The van der Waals surface area contributed by atoms with Gasteiger partial charge in [-0.05, 0) is 49.2 Å². The molecule has 0 fully saturated rings. The Bertz CT molecular complexity index is 1790. The van der Waals surface area contributed by atoms with Gasteiger partial charge in [0.15, 0.2) is 0 Å². The van der Waals surface area contributed by atoms with Crippen LogP contribution in [0.1, 0.15) is 45.7 Å². The van der Waals surface area contributed by atoms with Gasteiger partial charge < -0.3 is 14.2 Å². The zero-order valence-corrected chi connectivity index (χ0v) is 25.6. The van der Waals surface area contributed by atoms with Gasteiger partial charge in [-0.15, -0.1) is 0 Å². The molecule has 44 heavy (non-hydrogen) atoms. The smallest absolute Gasteiger partial charge is 0.270 e. The van der Waals surface area contributed by atoms with Crippen LogP contribution in [0.2, 0.25) is 0 Å². The molecular weight excluding hydrogens is 584 g/mol. The molecule has 1 heterocycles. The average molecular weight is 617 g/mol. The number of rotatable bonds is 11. The maximum atomic E-state index is 13.8. The molecule has 10 nitrogen and oxygen atoms in total. The van der Waals surface area contributed by atoms with Crippen LogP contribution in [-0.4, -0.2) is 57.8 Å². The van der Waals surface area contributed by atoms with Gasteiger partial charge in [-0.25, -0.2) is 17.6 Å². The van der Waals surface area contributed by atoms with E-state index in [-0.39, 0.29) is 36.4 Å². The lowest BCUT2D eigenvalue weighted by Crippen LogP contribution is -2.35. The molecule has 0 aliphatic carbocycles. The highest BCUT2D eigenvalue weighted by Gasteiger charge is 2.43. The number of sulfonamides is 1. The molecular formula is C33H32N2O8S. The first-order valence-electron chi connectivity index (χ1n) is 14.1. The second kappa shape index (κ2) is 12.4. The first-order valence-corrected chi connectivity index (χ1v) is 15.7. The Kier molecular flexibility index (Phi) is 8.59. The molecule has 0 N–H and O–H groups in total. The van der Waals surface area contributed by atoms with Crippen molar-refractivity contribution in [2.75, 3.05) is 32.3 Å². The van der Waals surface area contributed by atoms with E-state index >= 15 is 0 Å². The van der Waals surface area contributed by atoms with Crippen molar-refractivity contribution in [3.8, 4) is 17.2 Å². The molecule has 4 aromatic carbocycles. The molecule has 1 aliphatic heterocycles. The van der Waals surface area contributed by atoms with Crippen LogP contribution in [0.3, 0.4) is 0 Å². The van der Waals surface area contributed by atoms with Crippen molar-refractivity contribution >= 4 is 44.2 Å². The summed E-state index contributed by atoms with van der Waals surface area (Å²) < 4.78 is 43.8. The minimum absolute atomic E-state index is 0.0963. The van der Waals surface area contributed by atoms with E-state index in [2.05, 4.69) is 0 Å². The monoisotopic (exact) mass is 616 g/mol. The summed E-state index contributed by atoms with van der Waals surface area (Å²) in [5.74, 6) is -0.909. The Morgan fingerprint density at radius 3 is 1.75 bits per heavy atom. The molecule has 5 rings (SSSR count). The number of hydrogen-bond donors (Lipinski definition) is 0. The van der Waals surface area contributed by atoms with Crippen molar-refractivity contribution in [2.45, 2.75) is 26.0 Å². The second-order valence-corrected chi connectivity index (χ2v) is 12.1. The Balaban J connectivity index is 1.39. The number of benzene rings is 4. The molecule has 1 aliphatic rings. The van der Waals surface area contributed by atoms with Gasteiger partial charge in [0.1, 0.15) is 17.2 Å². The van der Waals surface area contributed by atoms with Crippen molar-refractivity contribution in [3.05, 3.63) is 95.1 Å². The first-order chi connectivity index (χ1) is 21.1. The molecule has 0 atom stereocenters. The Morgan fingerprint density at radius 1 is 0.773 bits per heavy atom. The number of methoxy groups -OCH3 is 1. The summed E-state index contributed by atoms with van der Waals surface area (Å²) in [5, 5.41) is 1.32. The summed E-state index contributed by atoms with van der Waals surface area (Å²) in [4.78, 5) is 41.4. The third-order valence-corrected chi connectivity index (χ3v) is 9.09. The molecule has 4 aromatic rings.